The van der Waals surface area contributed by atoms with E-state index >= 15 is 0 Å². The van der Waals surface area contributed by atoms with Gasteiger partial charge in [0.2, 0.25) is 0 Å². The van der Waals surface area contributed by atoms with E-state index in [9.17, 15) is 9.59 Å². The molecule has 0 aliphatic carbocycles. The highest BCUT2D eigenvalue weighted by atomic mass is 32.2. The topological polar surface area (TPSA) is 96.4 Å². The number of hydrogen-bond acceptors (Lipinski definition) is 8. The van der Waals surface area contributed by atoms with Crippen molar-refractivity contribution in [3.8, 4) is 21.9 Å². The minimum Gasteiger partial charge on any atom is -0.497 e. The van der Waals surface area contributed by atoms with Crippen molar-refractivity contribution < 1.29 is 14.3 Å². The highest BCUT2D eigenvalue weighted by Gasteiger charge is 2.16. The summed E-state index contributed by atoms with van der Waals surface area (Å²) < 4.78 is 11.9. The van der Waals surface area contributed by atoms with Gasteiger partial charge in [-0.15, -0.1) is 11.3 Å². The molecule has 0 unspecified atom stereocenters. The lowest BCUT2D eigenvalue weighted by Gasteiger charge is -2.07. The highest BCUT2D eigenvalue weighted by molar-refractivity contribution is 7.99. The molecular weight excluding hydrogens is 434 g/mol. The van der Waals surface area contributed by atoms with Crippen LogP contribution in [-0.2, 0) is 0 Å². The molecule has 31 heavy (non-hydrogen) atoms. The number of carbonyl (C=O) groups excluding carboxylic acids is 1. The summed E-state index contributed by atoms with van der Waals surface area (Å²) in [4.78, 5) is 30.7. The van der Waals surface area contributed by atoms with E-state index in [-0.39, 0.29) is 22.3 Å². The number of rotatable bonds is 7. The van der Waals surface area contributed by atoms with Crippen molar-refractivity contribution in [2.24, 2.45) is 0 Å². The summed E-state index contributed by atoms with van der Waals surface area (Å²) in [5, 5.41) is 0.281. The fourth-order valence-corrected chi connectivity index (χ4v) is 4.84. The Morgan fingerprint density at radius 3 is 2.55 bits per heavy atom. The average Bonchev–Trinajstić information content (AvgIpc) is 3.24. The Morgan fingerprint density at radius 1 is 1.10 bits per heavy atom. The van der Waals surface area contributed by atoms with Crippen LogP contribution in [0.1, 0.15) is 10.4 Å². The van der Waals surface area contributed by atoms with Crippen LogP contribution in [0.15, 0.2) is 64.5 Å². The zero-order valence-electron chi connectivity index (χ0n) is 16.8. The number of fused-ring (bicyclic) bond motifs is 1. The summed E-state index contributed by atoms with van der Waals surface area (Å²) in [5.74, 6) is 7.31. The smallest absolute Gasteiger partial charge is 0.290 e. The Labute approximate surface area is 186 Å². The third-order valence-corrected chi connectivity index (χ3v) is 6.74. The molecule has 2 heterocycles. The van der Waals surface area contributed by atoms with Gasteiger partial charge in [0.25, 0.3) is 5.56 Å². The first-order valence-electron chi connectivity index (χ1n) is 9.26. The molecule has 4 rings (SSSR count). The van der Waals surface area contributed by atoms with Crippen LogP contribution in [0.3, 0.4) is 0 Å². The van der Waals surface area contributed by atoms with Crippen molar-refractivity contribution in [3.05, 3.63) is 70.5 Å². The first kappa shape index (κ1) is 21.0. The Kier molecular flexibility index (Phi) is 5.97. The van der Waals surface area contributed by atoms with Crippen LogP contribution >= 0.6 is 23.1 Å². The van der Waals surface area contributed by atoms with Crippen molar-refractivity contribution in [2.75, 3.05) is 25.8 Å². The van der Waals surface area contributed by atoms with Crippen LogP contribution in [0.25, 0.3) is 20.7 Å². The van der Waals surface area contributed by atoms with Crippen LogP contribution < -0.4 is 20.9 Å². The Hall–Kier alpha value is -3.30. The van der Waals surface area contributed by atoms with Crippen molar-refractivity contribution in [1.29, 1.82) is 0 Å². The number of thioether (sulfide) groups is 1. The summed E-state index contributed by atoms with van der Waals surface area (Å²) >= 11 is 2.45. The first-order valence-corrected chi connectivity index (χ1v) is 11.1. The van der Waals surface area contributed by atoms with Gasteiger partial charge in [-0.3, -0.25) is 9.59 Å². The lowest BCUT2D eigenvalue weighted by molar-refractivity contribution is 0.102. The molecule has 0 aliphatic heterocycles. The predicted molar refractivity (Wildman–Crippen MR) is 124 cm³/mol. The SMILES string of the molecule is COc1cccc(C(=O)CSc2nc3cc(-c4cccc(OC)c4)sc3c(=O)n2N)c1. The molecule has 2 aromatic heterocycles. The summed E-state index contributed by atoms with van der Waals surface area (Å²) in [7, 11) is 3.15. The predicted octanol–water partition coefficient (Wildman–Crippen LogP) is 3.83. The van der Waals surface area contributed by atoms with E-state index in [4.69, 9.17) is 15.3 Å². The molecule has 0 bridgehead atoms. The number of thiophene rings is 1. The van der Waals surface area contributed by atoms with Gasteiger partial charge in [-0.1, -0.05) is 36.0 Å². The summed E-state index contributed by atoms with van der Waals surface area (Å²) in [6.07, 6.45) is 0. The molecule has 9 heteroatoms. The molecule has 0 radical (unpaired) electrons. The third-order valence-electron chi connectivity index (χ3n) is 4.63. The Morgan fingerprint density at radius 2 is 1.81 bits per heavy atom. The number of methoxy groups -OCH3 is 2. The van der Waals surface area contributed by atoms with Crippen molar-refractivity contribution in [3.63, 3.8) is 0 Å². The number of benzene rings is 2. The second-order valence-electron chi connectivity index (χ2n) is 6.57. The average molecular weight is 454 g/mol. The van der Waals surface area contributed by atoms with Gasteiger partial charge < -0.3 is 15.3 Å². The van der Waals surface area contributed by atoms with Crippen LogP contribution in [0.2, 0.25) is 0 Å². The number of ketones is 1. The molecule has 0 spiro atoms. The van der Waals surface area contributed by atoms with Crippen LogP contribution in [-0.4, -0.2) is 35.4 Å². The normalized spacial score (nSPS) is 10.9. The Balaban J connectivity index is 1.62. The molecular formula is C22H19N3O4S2. The molecule has 0 amide bonds. The number of nitrogen functional groups attached to an aromatic ring is 1. The van der Waals surface area contributed by atoms with Gasteiger partial charge in [0.05, 0.1) is 25.5 Å². The van der Waals surface area contributed by atoms with Crippen LogP contribution in [0.4, 0.5) is 0 Å². The van der Waals surface area contributed by atoms with Crippen LogP contribution in [0, 0.1) is 0 Å². The number of aromatic nitrogens is 2. The van der Waals surface area contributed by atoms with E-state index in [1.54, 1.807) is 38.5 Å². The highest BCUT2D eigenvalue weighted by Crippen LogP contribution is 2.33. The van der Waals surface area contributed by atoms with E-state index < -0.39 is 0 Å². The van der Waals surface area contributed by atoms with E-state index in [1.165, 1.54) is 11.3 Å². The molecule has 0 aliphatic rings. The van der Waals surface area contributed by atoms with Gasteiger partial charge in [-0.25, -0.2) is 9.66 Å². The van der Waals surface area contributed by atoms with E-state index in [2.05, 4.69) is 4.98 Å². The van der Waals surface area contributed by atoms with Crippen molar-refractivity contribution >= 4 is 39.1 Å². The Bertz CT molecular complexity index is 1330. The largest absolute Gasteiger partial charge is 0.497 e. The van der Waals surface area contributed by atoms with Gasteiger partial charge in [-0.05, 0) is 35.9 Å². The number of carbonyl (C=O) groups is 1. The molecule has 2 aromatic carbocycles. The van der Waals surface area contributed by atoms with Gasteiger partial charge in [0, 0.05) is 10.4 Å². The molecule has 0 saturated heterocycles. The maximum atomic E-state index is 12.8. The molecule has 0 atom stereocenters. The minimum atomic E-state index is -0.347. The quantitative estimate of drug-likeness (QED) is 0.197. The van der Waals surface area contributed by atoms with E-state index in [0.29, 0.717) is 21.5 Å². The second-order valence-corrected chi connectivity index (χ2v) is 8.57. The zero-order valence-corrected chi connectivity index (χ0v) is 18.5. The maximum Gasteiger partial charge on any atom is 0.290 e. The van der Waals surface area contributed by atoms with Gasteiger partial charge in [-0.2, -0.15) is 0 Å². The number of hydrogen-bond donors (Lipinski definition) is 1. The van der Waals surface area contributed by atoms with E-state index in [0.717, 1.165) is 32.6 Å². The standard InChI is InChI=1S/C22H19N3O4S2/c1-28-15-7-3-5-13(9-15)18(26)12-30-22-24-17-11-19(31-20(17)21(27)25(22)23)14-6-4-8-16(10-14)29-2/h3-11H,12,23H2,1-2H3. The lowest BCUT2D eigenvalue weighted by Crippen LogP contribution is -2.29. The van der Waals surface area contributed by atoms with Gasteiger partial charge >= 0.3 is 0 Å². The molecule has 4 aromatic rings. The zero-order chi connectivity index (χ0) is 22.0. The van der Waals surface area contributed by atoms with Crippen molar-refractivity contribution in [1.82, 2.24) is 9.66 Å². The van der Waals surface area contributed by atoms with E-state index in [1.807, 2.05) is 30.3 Å². The molecule has 7 nitrogen and oxygen atoms in total. The first-order chi connectivity index (χ1) is 15.0. The summed E-state index contributed by atoms with van der Waals surface area (Å²) in [5.41, 5.74) is 1.65. The molecule has 0 fully saturated rings. The summed E-state index contributed by atoms with van der Waals surface area (Å²) in [6.45, 7) is 0. The lowest BCUT2D eigenvalue weighted by atomic mass is 10.1. The number of nitrogens with zero attached hydrogens (tertiary/aromatic N) is 2. The number of nitrogens with two attached hydrogens (primary N) is 1. The number of ether oxygens (including phenoxy) is 2. The van der Waals surface area contributed by atoms with Crippen LogP contribution in [0.5, 0.6) is 11.5 Å². The van der Waals surface area contributed by atoms with Gasteiger partial charge in [0.1, 0.15) is 16.2 Å². The third kappa shape index (κ3) is 4.28. The van der Waals surface area contributed by atoms with Gasteiger partial charge in [0.15, 0.2) is 10.9 Å². The molecule has 0 saturated carbocycles. The monoisotopic (exact) mass is 453 g/mol. The minimum absolute atomic E-state index is 0.0925. The second kappa shape index (κ2) is 8.83. The fourth-order valence-electron chi connectivity index (χ4n) is 3.00. The molecule has 158 valence electrons. The van der Waals surface area contributed by atoms with Crippen molar-refractivity contribution in [2.45, 2.75) is 5.16 Å². The number of Topliss-reactive ketones (excluding diaryl/α,β-unsaturated/α-hetero) is 1. The fraction of sp³-hybridized carbons (Fsp3) is 0.136. The maximum absolute atomic E-state index is 12.8. The molecule has 2 N–H and O–H groups in total. The summed E-state index contributed by atoms with van der Waals surface area (Å²) in [6, 6.07) is 16.4.